The van der Waals surface area contributed by atoms with E-state index in [1.807, 2.05) is 49.4 Å². The summed E-state index contributed by atoms with van der Waals surface area (Å²) in [5.74, 6) is 0. The third-order valence-electron chi connectivity index (χ3n) is 2.86. The SMILES string of the molecule is Cc1ccc2cccc(N=Cc3ccccn3)c2n1. The number of aromatic nitrogens is 2. The van der Waals surface area contributed by atoms with E-state index >= 15 is 0 Å². The Balaban J connectivity index is 2.06. The van der Waals surface area contributed by atoms with Crippen LogP contribution in [0.4, 0.5) is 5.69 Å². The van der Waals surface area contributed by atoms with Crippen molar-refractivity contribution in [2.24, 2.45) is 4.99 Å². The Labute approximate surface area is 111 Å². The number of fused-ring (bicyclic) bond motifs is 1. The predicted molar refractivity (Wildman–Crippen MR) is 78.0 cm³/mol. The van der Waals surface area contributed by atoms with Crippen molar-refractivity contribution in [1.82, 2.24) is 9.97 Å². The molecule has 0 saturated carbocycles. The highest BCUT2D eigenvalue weighted by molar-refractivity contribution is 5.92. The highest BCUT2D eigenvalue weighted by atomic mass is 14.8. The number of rotatable bonds is 2. The number of aryl methyl sites for hydroxylation is 1. The standard InChI is InChI=1S/C16H13N3/c1-12-8-9-13-5-4-7-15(16(13)19-12)18-11-14-6-2-3-10-17-14/h2-11H,1H3. The number of hydrogen-bond acceptors (Lipinski definition) is 3. The van der Waals surface area contributed by atoms with Gasteiger partial charge in [-0.1, -0.05) is 24.3 Å². The van der Waals surface area contributed by atoms with Crippen molar-refractivity contribution < 1.29 is 0 Å². The Bertz CT molecular complexity index is 733. The average molecular weight is 247 g/mol. The lowest BCUT2D eigenvalue weighted by molar-refractivity contribution is 1.25. The zero-order valence-electron chi connectivity index (χ0n) is 10.6. The van der Waals surface area contributed by atoms with Gasteiger partial charge in [-0.15, -0.1) is 0 Å². The van der Waals surface area contributed by atoms with Crippen LogP contribution in [0.2, 0.25) is 0 Å². The number of nitrogens with zero attached hydrogens (tertiary/aromatic N) is 3. The Kier molecular flexibility index (Phi) is 3.02. The maximum absolute atomic E-state index is 4.55. The second-order valence-corrected chi connectivity index (χ2v) is 4.31. The van der Waals surface area contributed by atoms with Gasteiger partial charge in [0, 0.05) is 17.3 Å². The second-order valence-electron chi connectivity index (χ2n) is 4.31. The molecule has 0 aliphatic carbocycles. The fourth-order valence-electron chi connectivity index (χ4n) is 1.92. The Hall–Kier alpha value is -2.55. The molecule has 3 heteroatoms. The van der Waals surface area contributed by atoms with E-state index in [0.717, 1.165) is 28.0 Å². The number of hydrogen-bond donors (Lipinski definition) is 0. The van der Waals surface area contributed by atoms with Gasteiger partial charge in [0.25, 0.3) is 0 Å². The van der Waals surface area contributed by atoms with Crippen LogP contribution in [0.25, 0.3) is 10.9 Å². The molecule has 92 valence electrons. The molecule has 0 aliphatic heterocycles. The van der Waals surface area contributed by atoms with E-state index in [2.05, 4.69) is 21.0 Å². The summed E-state index contributed by atoms with van der Waals surface area (Å²) in [6, 6.07) is 15.8. The molecule has 0 amide bonds. The summed E-state index contributed by atoms with van der Waals surface area (Å²) < 4.78 is 0. The molecular formula is C16H13N3. The van der Waals surface area contributed by atoms with Crippen LogP contribution in [0.3, 0.4) is 0 Å². The smallest absolute Gasteiger partial charge is 0.0961 e. The molecule has 0 saturated heterocycles. The van der Waals surface area contributed by atoms with E-state index in [1.54, 1.807) is 12.4 Å². The number of para-hydroxylation sites is 1. The van der Waals surface area contributed by atoms with Crippen LogP contribution >= 0.6 is 0 Å². The Morgan fingerprint density at radius 2 is 1.95 bits per heavy atom. The lowest BCUT2D eigenvalue weighted by atomic mass is 10.2. The second kappa shape index (κ2) is 4.98. The molecule has 0 N–H and O–H groups in total. The van der Waals surface area contributed by atoms with E-state index in [0.29, 0.717) is 0 Å². The van der Waals surface area contributed by atoms with Crippen molar-refractivity contribution in [3.05, 3.63) is 66.1 Å². The van der Waals surface area contributed by atoms with Crippen LogP contribution in [0.15, 0.2) is 59.7 Å². The minimum atomic E-state index is 0.840. The van der Waals surface area contributed by atoms with E-state index in [-0.39, 0.29) is 0 Å². The molecule has 3 nitrogen and oxygen atoms in total. The van der Waals surface area contributed by atoms with Crippen molar-refractivity contribution in [3.63, 3.8) is 0 Å². The summed E-state index contributed by atoms with van der Waals surface area (Å²) >= 11 is 0. The molecule has 0 spiro atoms. The molecule has 1 aromatic carbocycles. The first-order valence-corrected chi connectivity index (χ1v) is 6.14. The summed E-state index contributed by atoms with van der Waals surface area (Å²) in [5, 5.41) is 1.10. The normalized spacial score (nSPS) is 11.2. The molecule has 0 fully saturated rings. The summed E-state index contributed by atoms with van der Waals surface area (Å²) in [6.07, 6.45) is 3.52. The quantitative estimate of drug-likeness (QED) is 0.648. The van der Waals surface area contributed by atoms with Gasteiger partial charge in [-0.3, -0.25) is 15.0 Å². The Morgan fingerprint density at radius 1 is 1.00 bits per heavy atom. The molecule has 0 unspecified atom stereocenters. The van der Waals surface area contributed by atoms with Gasteiger partial charge in [0.1, 0.15) is 0 Å². The van der Waals surface area contributed by atoms with Crippen LogP contribution in [0, 0.1) is 6.92 Å². The minimum absolute atomic E-state index is 0.840. The zero-order chi connectivity index (χ0) is 13.1. The fraction of sp³-hybridized carbons (Fsp3) is 0.0625. The highest BCUT2D eigenvalue weighted by Crippen LogP contribution is 2.24. The van der Waals surface area contributed by atoms with E-state index in [4.69, 9.17) is 0 Å². The van der Waals surface area contributed by atoms with E-state index < -0.39 is 0 Å². The first-order chi connectivity index (χ1) is 9.33. The molecule has 3 rings (SSSR count). The molecule has 19 heavy (non-hydrogen) atoms. The summed E-state index contributed by atoms with van der Waals surface area (Å²) in [6.45, 7) is 1.98. The van der Waals surface area contributed by atoms with Crippen molar-refractivity contribution in [3.8, 4) is 0 Å². The molecular weight excluding hydrogens is 234 g/mol. The van der Waals surface area contributed by atoms with Crippen LogP contribution in [0.5, 0.6) is 0 Å². The van der Waals surface area contributed by atoms with Gasteiger partial charge in [0.2, 0.25) is 0 Å². The van der Waals surface area contributed by atoms with E-state index in [1.165, 1.54) is 0 Å². The monoisotopic (exact) mass is 247 g/mol. The molecule has 0 aliphatic rings. The highest BCUT2D eigenvalue weighted by Gasteiger charge is 2.00. The van der Waals surface area contributed by atoms with Crippen molar-refractivity contribution in [1.29, 1.82) is 0 Å². The van der Waals surface area contributed by atoms with Crippen molar-refractivity contribution in [2.45, 2.75) is 6.92 Å². The maximum Gasteiger partial charge on any atom is 0.0961 e. The van der Waals surface area contributed by atoms with Crippen LogP contribution in [-0.4, -0.2) is 16.2 Å². The van der Waals surface area contributed by atoms with Gasteiger partial charge in [0.05, 0.1) is 23.1 Å². The van der Waals surface area contributed by atoms with Crippen molar-refractivity contribution in [2.75, 3.05) is 0 Å². The van der Waals surface area contributed by atoms with Gasteiger partial charge < -0.3 is 0 Å². The maximum atomic E-state index is 4.55. The van der Waals surface area contributed by atoms with Gasteiger partial charge in [0.15, 0.2) is 0 Å². The molecule has 0 atom stereocenters. The number of pyridine rings is 2. The lowest BCUT2D eigenvalue weighted by Gasteiger charge is -2.02. The van der Waals surface area contributed by atoms with Gasteiger partial charge in [-0.25, -0.2) is 0 Å². The van der Waals surface area contributed by atoms with Crippen LogP contribution in [-0.2, 0) is 0 Å². The summed E-state index contributed by atoms with van der Waals surface area (Å²) in [7, 11) is 0. The number of benzene rings is 1. The fourth-order valence-corrected chi connectivity index (χ4v) is 1.92. The average Bonchev–Trinajstić information content (AvgIpc) is 2.46. The summed E-state index contributed by atoms with van der Waals surface area (Å²) in [5.41, 5.74) is 3.63. The number of aliphatic imine (C=N–C) groups is 1. The largest absolute Gasteiger partial charge is 0.255 e. The molecule has 0 bridgehead atoms. The van der Waals surface area contributed by atoms with E-state index in [9.17, 15) is 0 Å². The predicted octanol–water partition coefficient (Wildman–Crippen LogP) is 3.69. The van der Waals surface area contributed by atoms with Crippen LogP contribution < -0.4 is 0 Å². The first kappa shape index (κ1) is 11.5. The minimum Gasteiger partial charge on any atom is -0.255 e. The lowest BCUT2D eigenvalue weighted by Crippen LogP contribution is -1.86. The third kappa shape index (κ3) is 2.50. The molecule has 2 heterocycles. The zero-order valence-corrected chi connectivity index (χ0v) is 10.6. The van der Waals surface area contributed by atoms with Gasteiger partial charge in [-0.05, 0) is 31.2 Å². The molecule has 2 aromatic heterocycles. The van der Waals surface area contributed by atoms with Gasteiger partial charge in [-0.2, -0.15) is 0 Å². The summed E-state index contributed by atoms with van der Waals surface area (Å²) in [4.78, 5) is 13.3. The molecule has 3 aromatic rings. The Morgan fingerprint density at radius 3 is 2.79 bits per heavy atom. The molecule has 0 radical (unpaired) electrons. The van der Waals surface area contributed by atoms with Crippen LogP contribution in [0.1, 0.15) is 11.4 Å². The van der Waals surface area contributed by atoms with Gasteiger partial charge >= 0.3 is 0 Å². The first-order valence-electron chi connectivity index (χ1n) is 6.14. The van der Waals surface area contributed by atoms with Crippen molar-refractivity contribution >= 4 is 22.8 Å². The third-order valence-corrected chi connectivity index (χ3v) is 2.86. The topological polar surface area (TPSA) is 38.1 Å².